The van der Waals surface area contributed by atoms with E-state index in [0.717, 1.165) is 29.7 Å². The quantitative estimate of drug-likeness (QED) is 0.0328. The van der Waals surface area contributed by atoms with Crippen LogP contribution in [0.15, 0.2) is 0 Å². The lowest BCUT2D eigenvalue weighted by Gasteiger charge is -2.44. The minimum Gasteiger partial charge on any atom is -0.480 e. The van der Waals surface area contributed by atoms with Crippen LogP contribution >= 0.6 is 22.6 Å². The Bertz CT molecular complexity index is 1110. The van der Waals surface area contributed by atoms with Gasteiger partial charge in [-0.2, -0.15) is 30.0 Å². The molecule has 4 unspecified atom stereocenters. The Morgan fingerprint density at radius 2 is 1.58 bits per heavy atom. The number of aliphatic hydroxyl groups excluding tert-OH is 4. The van der Waals surface area contributed by atoms with Crippen molar-refractivity contribution in [2.45, 2.75) is 59.2 Å². The molecule has 0 aromatic carbocycles. The molecule has 0 aliphatic carbocycles. The Hall–Kier alpha value is -0.470. The summed E-state index contributed by atoms with van der Waals surface area (Å²) in [7, 11) is -15.0. The number of rotatable bonds is 15. The number of aliphatic hydroxyl groups is 4. The second-order valence-corrected chi connectivity index (χ2v) is 12.0. The number of carboxylic acids is 1. The summed E-state index contributed by atoms with van der Waals surface area (Å²) in [6.45, 7) is -1.24. The maximum Gasteiger partial charge on any atom is 0.397 e. The van der Waals surface area contributed by atoms with Crippen molar-refractivity contribution < 1.29 is 91.8 Å². The van der Waals surface area contributed by atoms with Gasteiger partial charge in [-0.15, -0.1) is 0 Å². The van der Waals surface area contributed by atoms with Crippen LogP contribution in [-0.4, -0.2) is 143 Å². The van der Waals surface area contributed by atoms with Crippen molar-refractivity contribution in [2.24, 2.45) is 0 Å². The zero-order valence-electron chi connectivity index (χ0n) is 18.6. The van der Waals surface area contributed by atoms with Gasteiger partial charge >= 0.3 is 37.1 Å². The van der Waals surface area contributed by atoms with E-state index >= 15 is 0 Å². The third kappa shape index (κ3) is 11.2. The summed E-state index contributed by atoms with van der Waals surface area (Å²) in [5.41, 5.74) is 0. The molecule has 226 valence electrons. The summed E-state index contributed by atoms with van der Waals surface area (Å²) in [6, 6.07) is -1.99. The standard InChI is InChI=1S/C13H24INO20S3/c1-31-13-5(15-36(22,23)24)7(17)9(3(33-13)2-32-37(25,26)27)34-12(21)10(35-38(28,29)30)8(18)6(16)4(14)11(19)20/h3-10,12-13,15-18,21H,2H2,1H3,(H,19,20)(H,22,23,24)(H,25,26,27)(H,28,29,30)/t3?,4?,5-,6+,7?,8+,9+,10?,12-,13+/m0/s1. The lowest BCUT2D eigenvalue weighted by Crippen LogP contribution is -2.66. The molecular weight excluding hydrogens is 713 g/mol. The lowest BCUT2D eigenvalue weighted by molar-refractivity contribution is -0.304. The lowest BCUT2D eigenvalue weighted by atomic mass is 9.97. The summed E-state index contributed by atoms with van der Waals surface area (Å²) in [5, 5.41) is 50.3. The zero-order valence-corrected chi connectivity index (χ0v) is 23.2. The molecule has 1 aliphatic heterocycles. The van der Waals surface area contributed by atoms with Crippen molar-refractivity contribution in [1.82, 2.24) is 4.72 Å². The maximum absolute atomic E-state index is 11.3. The van der Waals surface area contributed by atoms with E-state index in [9.17, 15) is 50.5 Å². The minimum absolute atomic E-state index is 0.906. The topological polar surface area (TPSA) is 340 Å². The van der Waals surface area contributed by atoms with Crippen molar-refractivity contribution in [1.29, 1.82) is 0 Å². The number of ether oxygens (including phenoxy) is 3. The van der Waals surface area contributed by atoms with Gasteiger partial charge < -0.3 is 39.7 Å². The largest absolute Gasteiger partial charge is 0.480 e. The Morgan fingerprint density at radius 1 is 1.03 bits per heavy atom. The first kappa shape index (κ1) is 35.6. The highest BCUT2D eigenvalue weighted by Crippen LogP contribution is 2.28. The molecule has 0 radical (unpaired) electrons. The van der Waals surface area contributed by atoms with E-state index < -0.39 is 103 Å². The molecule has 1 fully saturated rings. The van der Waals surface area contributed by atoms with Crippen LogP contribution in [0.3, 0.4) is 0 Å². The molecule has 0 spiro atoms. The predicted molar refractivity (Wildman–Crippen MR) is 122 cm³/mol. The van der Waals surface area contributed by atoms with Crippen LogP contribution in [0.4, 0.5) is 0 Å². The number of nitrogens with one attached hydrogen (secondary N) is 1. The normalized spacial score (nSPS) is 29.2. The molecule has 1 aliphatic rings. The third-order valence-electron chi connectivity index (χ3n) is 4.60. The van der Waals surface area contributed by atoms with E-state index in [1.165, 1.54) is 4.72 Å². The number of hydrogen-bond acceptors (Lipinski definition) is 16. The van der Waals surface area contributed by atoms with Crippen molar-refractivity contribution in [3.63, 3.8) is 0 Å². The van der Waals surface area contributed by atoms with Gasteiger partial charge in [0, 0.05) is 7.11 Å². The molecule has 0 bridgehead atoms. The van der Waals surface area contributed by atoms with Gasteiger partial charge in [0.2, 0.25) is 0 Å². The van der Waals surface area contributed by atoms with E-state index in [4.69, 9.17) is 33.0 Å². The first-order valence-electron chi connectivity index (χ1n) is 9.53. The van der Waals surface area contributed by atoms with E-state index in [2.05, 4.69) is 8.37 Å². The number of alkyl halides is 1. The first-order valence-corrected chi connectivity index (χ1v) is 14.9. The van der Waals surface area contributed by atoms with Gasteiger partial charge in [0.05, 0.1) is 6.61 Å². The number of methoxy groups -OCH3 is 1. The van der Waals surface area contributed by atoms with Crippen LogP contribution in [0, 0.1) is 0 Å². The van der Waals surface area contributed by atoms with Crippen LogP contribution in [0.1, 0.15) is 0 Å². The molecule has 1 heterocycles. The summed E-state index contributed by atoms with van der Waals surface area (Å²) in [6.07, 6.45) is -18.9. The van der Waals surface area contributed by atoms with Crippen LogP contribution in [0.2, 0.25) is 0 Å². The molecule has 0 saturated carbocycles. The van der Waals surface area contributed by atoms with Crippen molar-refractivity contribution in [3.8, 4) is 0 Å². The van der Waals surface area contributed by atoms with E-state index in [0.29, 0.717) is 0 Å². The van der Waals surface area contributed by atoms with Gasteiger partial charge in [-0.25, -0.2) is 8.37 Å². The van der Waals surface area contributed by atoms with Crippen LogP contribution < -0.4 is 4.72 Å². The van der Waals surface area contributed by atoms with Gasteiger partial charge in [0.1, 0.15) is 40.5 Å². The molecule has 1 saturated heterocycles. The van der Waals surface area contributed by atoms with E-state index in [-0.39, 0.29) is 0 Å². The van der Waals surface area contributed by atoms with E-state index in [1.807, 2.05) is 0 Å². The van der Waals surface area contributed by atoms with Crippen LogP contribution in [0.25, 0.3) is 0 Å². The average molecular weight is 737 g/mol. The van der Waals surface area contributed by atoms with Gasteiger partial charge in [-0.05, 0) is 0 Å². The third-order valence-corrected chi connectivity index (χ3v) is 7.34. The van der Waals surface area contributed by atoms with Crippen molar-refractivity contribution >= 4 is 59.7 Å². The second-order valence-electron chi connectivity index (χ2n) is 7.30. The first-order chi connectivity index (χ1) is 17.1. The predicted octanol–water partition coefficient (Wildman–Crippen LogP) is -5.20. The number of halogens is 1. The van der Waals surface area contributed by atoms with Crippen LogP contribution in [-0.2, 0) is 58.5 Å². The fourth-order valence-corrected chi connectivity index (χ4v) is 4.86. The summed E-state index contributed by atoms with van der Waals surface area (Å²) < 4.78 is 117. The molecular formula is C13H24INO20S3. The maximum atomic E-state index is 11.3. The molecule has 38 heavy (non-hydrogen) atoms. The number of aliphatic carboxylic acids is 1. The Balaban J connectivity index is 3.43. The Kier molecular flexibility index (Phi) is 13.0. The Morgan fingerprint density at radius 3 is 2.00 bits per heavy atom. The molecule has 0 aromatic heterocycles. The summed E-state index contributed by atoms with van der Waals surface area (Å²) in [5.74, 6) is -1.72. The van der Waals surface area contributed by atoms with E-state index in [1.54, 1.807) is 0 Å². The second kappa shape index (κ2) is 13.9. The average Bonchev–Trinajstić information content (AvgIpc) is 2.75. The van der Waals surface area contributed by atoms with Crippen molar-refractivity contribution in [3.05, 3.63) is 0 Å². The minimum atomic E-state index is -5.57. The van der Waals surface area contributed by atoms with Gasteiger partial charge in [0.25, 0.3) is 0 Å². The molecule has 0 aromatic rings. The van der Waals surface area contributed by atoms with Gasteiger partial charge in [-0.3, -0.25) is 18.5 Å². The highest BCUT2D eigenvalue weighted by Gasteiger charge is 2.51. The fraction of sp³-hybridized carbons (Fsp3) is 0.923. The van der Waals surface area contributed by atoms with Gasteiger partial charge in [-0.1, -0.05) is 22.6 Å². The smallest absolute Gasteiger partial charge is 0.397 e. The highest BCUT2D eigenvalue weighted by molar-refractivity contribution is 14.1. The summed E-state index contributed by atoms with van der Waals surface area (Å²) >= 11 is 1.11. The molecule has 21 nitrogen and oxygen atoms in total. The molecule has 10 atom stereocenters. The molecule has 1 rings (SSSR count). The highest BCUT2D eigenvalue weighted by atomic mass is 127. The monoisotopic (exact) mass is 737 g/mol. The summed E-state index contributed by atoms with van der Waals surface area (Å²) in [4.78, 5) is 11.1. The molecule has 25 heteroatoms. The molecule has 9 N–H and O–H groups in total. The molecule has 0 amide bonds. The van der Waals surface area contributed by atoms with Gasteiger partial charge in [0.15, 0.2) is 18.7 Å². The zero-order chi connectivity index (χ0) is 29.8. The SMILES string of the molecule is CO[C@@H]1OC(COS(=O)(=O)O)[C@@H](O[C@H](O)C(OS(=O)(=O)O)[C@H](O)[C@H](O)C(I)C(=O)O)C(O)[C@@H]1NS(=O)(=O)O. The Labute approximate surface area is 228 Å². The number of carboxylic acid groups (broad SMARTS) is 1. The van der Waals surface area contributed by atoms with Crippen molar-refractivity contribution in [2.75, 3.05) is 13.7 Å². The van der Waals surface area contributed by atoms with Crippen LogP contribution in [0.5, 0.6) is 0 Å². The number of carbonyl (C=O) groups is 1. The fourth-order valence-electron chi connectivity index (χ4n) is 3.04. The number of hydrogen-bond donors (Lipinski definition) is 9.